The lowest BCUT2D eigenvalue weighted by molar-refractivity contribution is 0.259. The van der Waals surface area contributed by atoms with Gasteiger partial charge in [-0.15, -0.1) is 0 Å². The molecule has 1 atom stereocenters. The minimum absolute atomic E-state index is 0.373. The molecule has 14 heavy (non-hydrogen) atoms. The first kappa shape index (κ1) is 11.5. The van der Waals surface area contributed by atoms with Crippen LogP contribution in [0.2, 0.25) is 0 Å². The minimum Gasteiger partial charge on any atom is -0.213 e. The maximum absolute atomic E-state index is 11.3. The van der Waals surface area contributed by atoms with E-state index in [1.807, 2.05) is 0 Å². The molecule has 1 aliphatic rings. The normalized spacial score (nSPS) is 24.4. The second kappa shape index (κ2) is 4.76. The van der Waals surface area contributed by atoms with E-state index in [2.05, 4.69) is 6.07 Å². The van der Waals surface area contributed by atoms with Gasteiger partial charge in [0.2, 0.25) is 10.0 Å². The molecule has 4 nitrogen and oxygen atoms in total. The molecule has 0 radical (unpaired) electrons. The Morgan fingerprint density at radius 2 is 2.29 bits per heavy atom. The first-order chi connectivity index (χ1) is 6.54. The van der Waals surface area contributed by atoms with E-state index < -0.39 is 10.0 Å². The number of piperidine rings is 1. The van der Waals surface area contributed by atoms with Crippen LogP contribution in [0.1, 0.15) is 25.7 Å². The fourth-order valence-corrected chi connectivity index (χ4v) is 2.77. The molecule has 1 fully saturated rings. The third-order valence-corrected chi connectivity index (χ3v) is 3.88. The third kappa shape index (κ3) is 3.28. The summed E-state index contributed by atoms with van der Waals surface area (Å²) in [4.78, 5) is 0. The largest absolute Gasteiger partial charge is 0.213 e. The van der Waals surface area contributed by atoms with E-state index in [1.54, 1.807) is 0 Å². The molecule has 0 spiro atoms. The second-order valence-corrected chi connectivity index (χ2v) is 5.81. The lowest BCUT2D eigenvalue weighted by Gasteiger charge is -2.30. The molecular formula is C9H16N2O2S. The van der Waals surface area contributed by atoms with Gasteiger partial charge in [0, 0.05) is 19.5 Å². The summed E-state index contributed by atoms with van der Waals surface area (Å²) in [6.07, 6.45) is 4.57. The number of rotatable bonds is 3. The number of sulfonamides is 1. The van der Waals surface area contributed by atoms with E-state index in [-0.39, 0.29) is 0 Å². The van der Waals surface area contributed by atoms with Crippen molar-refractivity contribution in [2.24, 2.45) is 5.92 Å². The van der Waals surface area contributed by atoms with E-state index in [9.17, 15) is 8.42 Å². The molecule has 1 unspecified atom stereocenters. The summed E-state index contributed by atoms with van der Waals surface area (Å²) in [5, 5.41) is 8.44. The summed E-state index contributed by atoms with van der Waals surface area (Å²) in [6.45, 7) is 1.24. The lowest BCUT2D eigenvalue weighted by atomic mass is 9.95. The highest BCUT2D eigenvalue weighted by Crippen LogP contribution is 2.22. The van der Waals surface area contributed by atoms with Gasteiger partial charge in [-0.05, 0) is 25.2 Å². The van der Waals surface area contributed by atoms with Crippen LogP contribution in [-0.4, -0.2) is 32.1 Å². The molecule has 0 aliphatic carbocycles. The van der Waals surface area contributed by atoms with Crippen LogP contribution in [-0.2, 0) is 10.0 Å². The van der Waals surface area contributed by atoms with Gasteiger partial charge in [0.05, 0.1) is 12.3 Å². The maximum atomic E-state index is 11.3. The Morgan fingerprint density at radius 1 is 1.57 bits per heavy atom. The maximum Gasteiger partial charge on any atom is 0.211 e. The van der Waals surface area contributed by atoms with Crippen molar-refractivity contribution in [3.63, 3.8) is 0 Å². The van der Waals surface area contributed by atoms with Gasteiger partial charge in [0.1, 0.15) is 0 Å². The third-order valence-electron chi connectivity index (χ3n) is 2.62. The Kier molecular flexibility index (Phi) is 3.90. The van der Waals surface area contributed by atoms with Gasteiger partial charge in [-0.3, -0.25) is 0 Å². The van der Waals surface area contributed by atoms with Crippen molar-refractivity contribution in [2.45, 2.75) is 25.7 Å². The fraction of sp³-hybridized carbons (Fsp3) is 0.889. The molecule has 0 N–H and O–H groups in total. The van der Waals surface area contributed by atoms with Crippen molar-refractivity contribution in [2.75, 3.05) is 19.3 Å². The predicted octanol–water partition coefficient (Wildman–Crippen LogP) is 0.962. The van der Waals surface area contributed by atoms with Crippen molar-refractivity contribution < 1.29 is 8.42 Å². The Balaban J connectivity index is 2.49. The second-order valence-electron chi connectivity index (χ2n) is 3.83. The van der Waals surface area contributed by atoms with Gasteiger partial charge in [-0.1, -0.05) is 0 Å². The summed E-state index contributed by atoms with van der Waals surface area (Å²) in [7, 11) is -3.03. The minimum atomic E-state index is -3.03. The van der Waals surface area contributed by atoms with Crippen molar-refractivity contribution in [3.05, 3.63) is 0 Å². The Labute approximate surface area is 85.6 Å². The molecule has 0 bridgehead atoms. The zero-order chi connectivity index (χ0) is 10.6. The molecule has 0 amide bonds. The van der Waals surface area contributed by atoms with E-state index in [4.69, 9.17) is 5.26 Å². The molecule has 5 heteroatoms. The van der Waals surface area contributed by atoms with E-state index in [0.29, 0.717) is 25.4 Å². The average molecular weight is 216 g/mol. The van der Waals surface area contributed by atoms with Crippen LogP contribution in [0.3, 0.4) is 0 Å². The van der Waals surface area contributed by atoms with Gasteiger partial charge in [-0.25, -0.2) is 12.7 Å². The summed E-state index contributed by atoms with van der Waals surface area (Å²) >= 11 is 0. The predicted molar refractivity (Wildman–Crippen MR) is 54.0 cm³/mol. The molecule has 0 aromatic heterocycles. The van der Waals surface area contributed by atoms with Gasteiger partial charge in [0.15, 0.2) is 0 Å². The molecule has 0 aromatic rings. The van der Waals surface area contributed by atoms with Crippen LogP contribution >= 0.6 is 0 Å². The number of hydrogen-bond donors (Lipinski definition) is 0. The highest BCUT2D eigenvalue weighted by molar-refractivity contribution is 7.88. The molecule has 0 aromatic carbocycles. The number of nitriles is 1. The van der Waals surface area contributed by atoms with E-state index >= 15 is 0 Å². The average Bonchev–Trinajstić information content (AvgIpc) is 2.14. The Bertz CT molecular complexity index is 318. The van der Waals surface area contributed by atoms with Gasteiger partial charge in [0.25, 0.3) is 0 Å². The smallest absolute Gasteiger partial charge is 0.211 e. The van der Waals surface area contributed by atoms with Gasteiger partial charge >= 0.3 is 0 Å². The van der Waals surface area contributed by atoms with E-state index in [0.717, 1.165) is 19.3 Å². The molecule has 0 saturated carbocycles. The Hall–Kier alpha value is -0.600. The van der Waals surface area contributed by atoms with Crippen LogP contribution in [0.5, 0.6) is 0 Å². The first-order valence-electron chi connectivity index (χ1n) is 4.86. The number of nitrogens with zero attached hydrogens (tertiary/aromatic N) is 2. The summed E-state index contributed by atoms with van der Waals surface area (Å²) in [5.74, 6) is 0.373. The van der Waals surface area contributed by atoms with Gasteiger partial charge < -0.3 is 0 Å². The highest BCUT2D eigenvalue weighted by atomic mass is 32.2. The number of hydrogen-bond acceptors (Lipinski definition) is 3. The highest BCUT2D eigenvalue weighted by Gasteiger charge is 2.25. The summed E-state index contributed by atoms with van der Waals surface area (Å²) in [5.41, 5.74) is 0. The van der Waals surface area contributed by atoms with Crippen molar-refractivity contribution >= 4 is 10.0 Å². The Morgan fingerprint density at radius 3 is 2.86 bits per heavy atom. The van der Waals surface area contributed by atoms with Crippen molar-refractivity contribution in [1.29, 1.82) is 5.26 Å². The van der Waals surface area contributed by atoms with Crippen LogP contribution < -0.4 is 0 Å². The van der Waals surface area contributed by atoms with Crippen LogP contribution in [0.25, 0.3) is 0 Å². The van der Waals surface area contributed by atoms with Crippen LogP contribution in [0.4, 0.5) is 0 Å². The molecule has 1 saturated heterocycles. The van der Waals surface area contributed by atoms with Crippen molar-refractivity contribution in [1.82, 2.24) is 4.31 Å². The molecular weight excluding hydrogens is 200 g/mol. The zero-order valence-electron chi connectivity index (χ0n) is 8.44. The molecule has 1 rings (SSSR count). The fourth-order valence-electron chi connectivity index (χ4n) is 1.83. The quantitative estimate of drug-likeness (QED) is 0.706. The van der Waals surface area contributed by atoms with Crippen LogP contribution in [0, 0.1) is 17.2 Å². The first-order valence-corrected chi connectivity index (χ1v) is 6.71. The van der Waals surface area contributed by atoms with Gasteiger partial charge in [-0.2, -0.15) is 5.26 Å². The topological polar surface area (TPSA) is 61.2 Å². The lowest BCUT2D eigenvalue weighted by Crippen LogP contribution is -2.39. The van der Waals surface area contributed by atoms with E-state index in [1.165, 1.54) is 10.6 Å². The summed E-state index contributed by atoms with van der Waals surface area (Å²) < 4.78 is 24.1. The zero-order valence-corrected chi connectivity index (χ0v) is 9.26. The molecule has 1 aliphatic heterocycles. The van der Waals surface area contributed by atoms with Crippen molar-refractivity contribution in [3.8, 4) is 6.07 Å². The molecule has 1 heterocycles. The monoisotopic (exact) mass is 216 g/mol. The SMILES string of the molecule is CS(=O)(=O)N1CCCC(CCC#N)C1. The summed E-state index contributed by atoms with van der Waals surface area (Å²) in [6, 6.07) is 2.10. The molecule has 80 valence electrons. The van der Waals surface area contributed by atoms with Crippen LogP contribution in [0.15, 0.2) is 0 Å². The standard InChI is InChI=1S/C9H16N2O2S/c1-14(12,13)11-7-3-5-9(8-11)4-2-6-10/h9H,2-5,7-8H2,1H3.